The molecule has 6 heteroatoms. The molecule has 0 aliphatic rings. The van der Waals surface area contributed by atoms with Crippen LogP contribution in [0.5, 0.6) is 0 Å². The van der Waals surface area contributed by atoms with E-state index in [4.69, 9.17) is 0 Å². The van der Waals surface area contributed by atoms with Gasteiger partial charge in [0.15, 0.2) is 5.96 Å². The van der Waals surface area contributed by atoms with E-state index < -0.39 is 0 Å². The van der Waals surface area contributed by atoms with Crippen LogP contribution >= 0.6 is 24.0 Å². The quantitative estimate of drug-likeness (QED) is 0.299. The Labute approximate surface area is 184 Å². The van der Waals surface area contributed by atoms with Crippen molar-refractivity contribution in [1.29, 1.82) is 0 Å². The Balaban J connectivity index is 0.00000280. The zero-order valence-corrected chi connectivity index (χ0v) is 18.8. The SMILES string of the molecule is CCNC(=NCc1cnn(Cc2ccccc2)c1)NCc1cccc(C)c1.I. The van der Waals surface area contributed by atoms with E-state index >= 15 is 0 Å². The fraction of sp³-hybridized carbons (Fsp3) is 0.273. The van der Waals surface area contributed by atoms with Gasteiger partial charge >= 0.3 is 0 Å². The lowest BCUT2D eigenvalue weighted by molar-refractivity contribution is 0.686. The van der Waals surface area contributed by atoms with E-state index in [2.05, 4.69) is 77.2 Å². The van der Waals surface area contributed by atoms with E-state index in [0.29, 0.717) is 6.54 Å². The van der Waals surface area contributed by atoms with Gasteiger partial charge in [0.25, 0.3) is 0 Å². The molecular formula is C22H28IN5. The number of guanidine groups is 1. The molecule has 0 spiro atoms. The maximum atomic E-state index is 4.68. The summed E-state index contributed by atoms with van der Waals surface area (Å²) in [6, 6.07) is 18.8. The standard InChI is InChI=1S/C22H27N5.HI/c1-3-23-22(24-13-20-11-7-8-18(2)12-20)25-14-21-15-26-27(17-21)16-19-9-5-4-6-10-19;/h4-12,15,17H,3,13-14,16H2,1-2H3,(H2,23,24,25);1H. The molecule has 2 aromatic carbocycles. The third-order valence-electron chi connectivity index (χ3n) is 4.18. The molecule has 0 aliphatic carbocycles. The van der Waals surface area contributed by atoms with Crippen molar-refractivity contribution in [2.75, 3.05) is 6.54 Å². The molecule has 0 atom stereocenters. The maximum Gasteiger partial charge on any atom is 0.191 e. The second-order valence-corrected chi connectivity index (χ2v) is 6.57. The Kier molecular flexibility index (Phi) is 9.00. The van der Waals surface area contributed by atoms with Crippen molar-refractivity contribution >= 4 is 29.9 Å². The molecule has 2 N–H and O–H groups in total. The molecule has 1 aromatic heterocycles. The molecule has 0 unspecified atom stereocenters. The molecule has 1 heterocycles. The molecular weight excluding hydrogens is 461 g/mol. The topological polar surface area (TPSA) is 54.2 Å². The summed E-state index contributed by atoms with van der Waals surface area (Å²) in [5, 5.41) is 11.1. The van der Waals surface area contributed by atoms with E-state index in [9.17, 15) is 0 Å². The molecule has 0 fully saturated rings. The Bertz CT molecular complexity index is 873. The molecule has 0 radical (unpaired) electrons. The van der Waals surface area contributed by atoms with Gasteiger partial charge in [-0.15, -0.1) is 24.0 Å². The number of aromatic nitrogens is 2. The summed E-state index contributed by atoms with van der Waals surface area (Å²) in [6.07, 6.45) is 3.94. The number of hydrogen-bond donors (Lipinski definition) is 2. The highest BCUT2D eigenvalue weighted by molar-refractivity contribution is 14.0. The van der Waals surface area contributed by atoms with Gasteiger partial charge in [-0.05, 0) is 25.0 Å². The van der Waals surface area contributed by atoms with Crippen molar-refractivity contribution in [3.05, 3.63) is 89.2 Å². The Morgan fingerprint density at radius 2 is 1.79 bits per heavy atom. The second-order valence-electron chi connectivity index (χ2n) is 6.57. The van der Waals surface area contributed by atoms with Crippen molar-refractivity contribution < 1.29 is 0 Å². The van der Waals surface area contributed by atoms with Crippen LogP contribution in [0.1, 0.15) is 29.2 Å². The first-order chi connectivity index (χ1) is 13.2. The minimum Gasteiger partial charge on any atom is -0.357 e. The number of nitrogens with zero attached hydrogens (tertiary/aromatic N) is 3. The maximum absolute atomic E-state index is 4.68. The van der Waals surface area contributed by atoms with Gasteiger partial charge in [-0.3, -0.25) is 4.68 Å². The normalized spacial score (nSPS) is 11.0. The van der Waals surface area contributed by atoms with Gasteiger partial charge in [-0.25, -0.2) is 4.99 Å². The van der Waals surface area contributed by atoms with Crippen molar-refractivity contribution in [2.45, 2.75) is 33.5 Å². The van der Waals surface area contributed by atoms with Crippen LogP contribution in [-0.4, -0.2) is 22.3 Å². The third kappa shape index (κ3) is 6.99. The molecule has 3 aromatic rings. The van der Waals surface area contributed by atoms with Crippen molar-refractivity contribution in [2.24, 2.45) is 4.99 Å². The first-order valence-corrected chi connectivity index (χ1v) is 9.36. The predicted octanol–water partition coefficient (Wildman–Crippen LogP) is 4.11. The van der Waals surface area contributed by atoms with Gasteiger partial charge in [0, 0.05) is 24.8 Å². The first kappa shape index (κ1) is 21.9. The molecule has 0 bridgehead atoms. The van der Waals surface area contributed by atoms with Crippen LogP contribution in [0.4, 0.5) is 0 Å². The second kappa shape index (κ2) is 11.5. The van der Waals surface area contributed by atoms with E-state index in [-0.39, 0.29) is 24.0 Å². The van der Waals surface area contributed by atoms with Crippen LogP contribution in [0.15, 0.2) is 72.0 Å². The van der Waals surface area contributed by atoms with Gasteiger partial charge in [-0.2, -0.15) is 5.10 Å². The number of benzene rings is 2. The minimum absolute atomic E-state index is 0. The average molecular weight is 489 g/mol. The highest BCUT2D eigenvalue weighted by Gasteiger charge is 2.02. The lowest BCUT2D eigenvalue weighted by Gasteiger charge is -2.11. The Morgan fingerprint density at radius 3 is 2.54 bits per heavy atom. The molecule has 0 amide bonds. The van der Waals surface area contributed by atoms with Crippen molar-refractivity contribution in [3.63, 3.8) is 0 Å². The number of rotatable bonds is 7. The van der Waals surface area contributed by atoms with Crippen LogP contribution in [0.25, 0.3) is 0 Å². The summed E-state index contributed by atoms with van der Waals surface area (Å²) in [5.74, 6) is 0.815. The van der Waals surface area contributed by atoms with Crippen LogP contribution in [0, 0.1) is 6.92 Å². The summed E-state index contributed by atoms with van der Waals surface area (Å²) in [6.45, 7) is 7.12. The highest BCUT2D eigenvalue weighted by atomic mass is 127. The van der Waals surface area contributed by atoms with E-state index in [1.807, 2.05) is 29.1 Å². The largest absolute Gasteiger partial charge is 0.357 e. The van der Waals surface area contributed by atoms with Gasteiger partial charge in [0.2, 0.25) is 0 Å². The molecule has 3 rings (SSSR count). The third-order valence-corrected chi connectivity index (χ3v) is 4.18. The Morgan fingerprint density at radius 1 is 1.00 bits per heavy atom. The fourth-order valence-electron chi connectivity index (χ4n) is 2.86. The van der Waals surface area contributed by atoms with E-state index in [1.54, 1.807) is 0 Å². The number of halogens is 1. The summed E-state index contributed by atoms with van der Waals surface area (Å²) < 4.78 is 1.95. The van der Waals surface area contributed by atoms with E-state index in [0.717, 1.165) is 31.2 Å². The summed E-state index contributed by atoms with van der Waals surface area (Å²) >= 11 is 0. The average Bonchev–Trinajstić information content (AvgIpc) is 3.12. The summed E-state index contributed by atoms with van der Waals surface area (Å²) in [4.78, 5) is 4.68. The number of aliphatic imine (C=N–C) groups is 1. The Hall–Kier alpha value is -2.35. The molecule has 0 saturated carbocycles. The van der Waals surface area contributed by atoms with Gasteiger partial charge in [0.05, 0.1) is 19.3 Å². The number of hydrogen-bond acceptors (Lipinski definition) is 2. The summed E-state index contributed by atoms with van der Waals surface area (Å²) in [5.41, 5.74) is 4.85. The molecule has 0 saturated heterocycles. The monoisotopic (exact) mass is 489 g/mol. The molecule has 148 valence electrons. The fourth-order valence-corrected chi connectivity index (χ4v) is 2.86. The number of nitrogens with one attached hydrogen (secondary N) is 2. The van der Waals surface area contributed by atoms with Crippen LogP contribution < -0.4 is 10.6 Å². The minimum atomic E-state index is 0. The van der Waals surface area contributed by atoms with Crippen LogP contribution in [0.2, 0.25) is 0 Å². The van der Waals surface area contributed by atoms with Crippen molar-refractivity contribution in [3.8, 4) is 0 Å². The number of aryl methyl sites for hydroxylation is 1. The molecule has 28 heavy (non-hydrogen) atoms. The van der Waals surface area contributed by atoms with Gasteiger partial charge in [0.1, 0.15) is 0 Å². The van der Waals surface area contributed by atoms with Crippen LogP contribution in [-0.2, 0) is 19.6 Å². The molecule has 0 aliphatic heterocycles. The smallest absolute Gasteiger partial charge is 0.191 e. The predicted molar refractivity (Wildman–Crippen MR) is 126 cm³/mol. The van der Waals surface area contributed by atoms with Gasteiger partial charge < -0.3 is 10.6 Å². The first-order valence-electron chi connectivity index (χ1n) is 9.36. The lowest BCUT2D eigenvalue weighted by Crippen LogP contribution is -2.36. The zero-order chi connectivity index (χ0) is 18.9. The van der Waals surface area contributed by atoms with Crippen molar-refractivity contribution in [1.82, 2.24) is 20.4 Å². The summed E-state index contributed by atoms with van der Waals surface area (Å²) in [7, 11) is 0. The highest BCUT2D eigenvalue weighted by Crippen LogP contribution is 2.06. The van der Waals surface area contributed by atoms with Crippen LogP contribution in [0.3, 0.4) is 0 Å². The van der Waals surface area contributed by atoms with E-state index in [1.165, 1.54) is 16.7 Å². The molecule has 5 nitrogen and oxygen atoms in total. The zero-order valence-electron chi connectivity index (χ0n) is 16.4. The lowest BCUT2D eigenvalue weighted by atomic mass is 10.1. The van der Waals surface area contributed by atoms with Gasteiger partial charge in [-0.1, -0.05) is 60.2 Å².